The molecule has 1 aliphatic rings. The van der Waals surface area contributed by atoms with Gasteiger partial charge in [0.15, 0.2) is 5.82 Å². The standard InChI is InChI=1S/C19H15ClN4O3/c20-14-5-2-6-15(10-14)23-7-8-24-17(23)11-16(22-24)21-18(25)12-3-1-4-13(9-12)19(26)27/h1-6,9-11H,7-8H2,(H,26,27)(H,21,22,25). The number of carboxylic acids is 1. The maximum atomic E-state index is 12.4. The Morgan fingerprint density at radius 3 is 2.59 bits per heavy atom. The topological polar surface area (TPSA) is 87.5 Å². The highest BCUT2D eigenvalue weighted by Crippen LogP contribution is 2.33. The second-order valence-corrected chi connectivity index (χ2v) is 6.52. The van der Waals surface area contributed by atoms with Crippen LogP contribution in [0.2, 0.25) is 5.02 Å². The number of amides is 1. The lowest BCUT2D eigenvalue weighted by molar-refractivity contribution is 0.0697. The van der Waals surface area contributed by atoms with Gasteiger partial charge in [-0.15, -0.1) is 0 Å². The summed E-state index contributed by atoms with van der Waals surface area (Å²) in [5.41, 5.74) is 1.27. The fourth-order valence-corrected chi connectivity index (χ4v) is 3.23. The molecule has 0 atom stereocenters. The van der Waals surface area contributed by atoms with Crippen LogP contribution in [0.3, 0.4) is 0 Å². The molecular formula is C19H15ClN4O3. The monoisotopic (exact) mass is 382 g/mol. The molecule has 0 unspecified atom stereocenters. The van der Waals surface area contributed by atoms with Crippen LogP contribution < -0.4 is 10.2 Å². The predicted molar refractivity (Wildman–Crippen MR) is 102 cm³/mol. The molecule has 7 nitrogen and oxygen atoms in total. The molecule has 0 saturated carbocycles. The van der Waals surface area contributed by atoms with Gasteiger partial charge in [-0.25, -0.2) is 9.48 Å². The van der Waals surface area contributed by atoms with Crippen molar-refractivity contribution in [1.82, 2.24) is 9.78 Å². The van der Waals surface area contributed by atoms with E-state index in [1.165, 1.54) is 18.2 Å². The molecule has 2 heterocycles. The Balaban J connectivity index is 1.55. The van der Waals surface area contributed by atoms with Crippen molar-refractivity contribution in [2.75, 3.05) is 16.8 Å². The molecule has 1 amide bonds. The number of carbonyl (C=O) groups excluding carboxylic acids is 1. The molecule has 8 heteroatoms. The number of aromatic nitrogens is 2. The largest absolute Gasteiger partial charge is 0.478 e. The summed E-state index contributed by atoms with van der Waals surface area (Å²) in [5.74, 6) is -0.235. The molecule has 0 spiro atoms. The molecular weight excluding hydrogens is 368 g/mol. The van der Waals surface area contributed by atoms with Gasteiger partial charge in [-0.1, -0.05) is 23.7 Å². The first kappa shape index (κ1) is 17.1. The van der Waals surface area contributed by atoms with E-state index in [-0.39, 0.29) is 11.1 Å². The first-order valence-electron chi connectivity index (χ1n) is 8.27. The first-order chi connectivity index (χ1) is 13.0. The summed E-state index contributed by atoms with van der Waals surface area (Å²) < 4.78 is 1.81. The van der Waals surface area contributed by atoms with E-state index in [0.717, 1.165) is 18.1 Å². The quantitative estimate of drug-likeness (QED) is 0.719. The number of nitrogens with one attached hydrogen (secondary N) is 1. The van der Waals surface area contributed by atoms with Gasteiger partial charge in [-0.2, -0.15) is 5.10 Å². The number of hydrogen-bond donors (Lipinski definition) is 2. The Hall–Kier alpha value is -3.32. The fourth-order valence-electron chi connectivity index (χ4n) is 3.05. The molecule has 2 N–H and O–H groups in total. The van der Waals surface area contributed by atoms with Crippen LogP contribution in [0.25, 0.3) is 0 Å². The summed E-state index contributed by atoms with van der Waals surface area (Å²) in [5, 5.41) is 16.8. The molecule has 4 rings (SSSR count). The Kier molecular flexibility index (Phi) is 4.29. The highest BCUT2D eigenvalue weighted by molar-refractivity contribution is 6.30. The van der Waals surface area contributed by atoms with E-state index in [0.29, 0.717) is 17.4 Å². The van der Waals surface area contributed by atoms with Gasteiger partial charge in [0, 0.05) is 28.9 Å². The predicted octanol–water partition coefficient (Wildman–Crippen LogP) is 3.64. The maximum Gasteiger partial charge on any atom is 0.335 e. The number of fused-ring (bicyclic) bond motifs is 1. The molecule has 0 aliphatic carbocycles. The van der Waals surface area contributed by atoms with Crippen molar-refractivity contribution in [3.05, 3.63) is 70.7 Å². The van der Waals surface area contributed by atoms with Gasteiger partial charge in [0.1, 0.15) is 5.82 Å². The Labute approximate surface area is 159 Å². The third-order valence-corrected chi connectivity index (χ3v) is 4.54. The summed E-state index contributed by atoms with van der Waals surface area (Å²) >= 11 is 6.08. The average molecular weight is 383 g/mol. The minimum Gasteiger partial charge on any atom is -0.478 e. The van der Waals surface area contributed by atoms with E-state index in [1.807, 2.05) is 28.9 Å². The van der Waals surface area contributed by atoms with Crippen LogP contribution in [0.1, 0.15) is 20.7 Å². The molecule has 136 valence electrons. The number of carbonyl (C=O) groups is 2. The Morgan fingerprint density at radius 1 is 1.04 bits per heavy atom. The first-order valence-corrected chi connectivity index (χ1v) is 8.65. The zero-order valence-corrected chi connectivity index (χ0v) is 14.8. The smallest absolute Gasteiger partial charge is 0.335 e. The summed E-state index contributed by atoms with van der Waals surface area (Å²) in [4.78, 5) is 25.6. The van der Waals surface area contributed by atoms with Crippen LogP contribution >= 0.6 is 11.6 Å². The van der Waals surface area contributed by atoms with E-state index in [4.69, 9.17) is 16.7 Å². The van der Waals surface area contributed by atoms with Crippen LogP contribution in [0.4, 0.5) is 17.3 Å². The average Bonchev–Trinajstić information content (AvgIpc) is 3.21. The number of carboxylic acid groups (broad SMARTS) is 1. The Bertz CT molecular complexity index is 1050. The van der Waals surface area contributed by atoms with Crippen molar-refractivity contribution >= 4 is 40.8 Å². The lowest BCUT2D eigenvalue weighted by Crippen LogP contribution is -2.15. The zero-order valence-electron chi connectivity index (χ0n) is 14.1. The van der Waals surface area contributed by atoms with Crippen LogP contribution in [0.15, 0.2) is 54.6 Å². The van der Waals surface area contributed by atoms with E-state index in [1.54, 1.807) is 12.1 Å². The summed E-state index contributed by atoms with van der Waals surface area (Å²) in [6.07, 6.45) is 0. The molecule has 2 aromatic carbocycles. The van der Waals surface area contributed by atoms with Crippen LogP contribution in [-0.4, -0.2) is 33.3 Å². The van der Waals surface area contributed by atoms with Gasteiger partial charge in [0.2, 0.25) is 0 Å². The number of nitrogens with zero attached hydrogens (tertiary/aromatic N) is 3. The Morgan fingerprint density at radius 2 is 1.81 bits per heavy atom. The molecule has 27 heavy (non-hydrogen) atoms. The second-order valence-electron chi connectivity index (χ2n) is 6.08. The molecule has 1 aromatic heterocycles. The number of aromatic carboxylic acids is 1. The van der Waals surface area contributed by atoms with Gasteiger partial charge in [0.05, 0.1) is 12.1 Å². The van der Waals surface area contributed by atoms with Gasteiger partial charge >= 0.3 is 5.97 Å². The van der Waals surface area contributed by atoms with Crippen molar-refractivity contribution in [2.45, 2.75) is 6.54 Å². The molecule has 3 aromatic rings. The summed E-state index contributed by atoms with van der Waals surface area (Å²) in [6, 6.07) is 15.2. The van der Waals surface area contributed by atoms with Crippen molar-refractivity contribution in [3.8, 4) is 0 Å². The van der Waals surface area contributed by atoms with Crippen LogP contribution in [0.5, 0.6) is 0 Å². The van der Waals surface area contributed by atoms with Gasteiger partial charge in [-0.05, 0) is 36.4 Å². The number of anilines is 3. The maximum absolute atomic E-state index is 12.4. The third-order valence-electron chi connectivity index (χ3n) is 4.30. The van der Waals surface area contributed by atoms with E-state index in [2.05, 4.69) is 15.3 Å². The lowest BCUT2D eigenvalue weighted by atomic mass is 10.1. The number of benzene rings is 2. The highest BCUT2D eigenvalue weighted by atomic mass is 35.5. The summed E-state index contributed by atoms with van der Waals surface area (Å²) in [6.45, 7) is 1.45. The SMILES string of the molecule is O=C(O)c1cccc(C(=O)Nc2cc3n(n2)CCN3c2cccc(Cl)c2)c1. The molecule has 0 radical (unpaired) electrons. The number of hydrogen-bond acceptors (Lipinski definition) is 4. The van der Waals surface area contributed by atoms with Crippen LogP contribution in [0, 0.1) is 0 Å². The number of halogens is 1. The fraction of sp³-hybridized carbons (Fsp3) is 0.105. The van der Waals surface area contributed by atoms with Crippen LogP contribution in [-0.2, 0) is 6.54 Å². The minimum absolute atomic E-state index is 0.0575. The van der Waals surface area contributed by atoms with Crippen molar-refractivity contribution < 1.29 is 14.7 Å². The minimum atomic E-state index is -1.08. The molecule has 0 fully saturated rings. The van der Waals surface area contributed by atoms with Crippen molar-refractivity contribution in [2.24, 2.45) is 0 Å². The van der Waals surface area contributed by atoms with Crippen molar-refractivity contribution in [1.29, 1.82) is 0 Å². The second kappa shape index (κ2) is 6.77. The molecule has 1 aliphatic heterocycles. The normalized spacial score (nSPS) is 12.7. The molecule has 0 saturated heterocycles. The van der Waals surface area contributed by atoms with E-state index >= 15 is 0 Å². The van der Waals surface area contributed by atoms with Gasteiger partial charge < -0.3 is 15.3 Å². The van der Waals surface area contributed by atoms with Crippen molar-refractivity contribution in [3.63, 3.8) is 0 Å². The highest BCUT2D eigenvalue weighted by Gasteiger charge is 2.24. The van der Waals surface area contributed by atoms with Gasteiger partial charge in [-0.3, -0.25) is 4.79 Å². The van der Waals surface area contributed by atoms with Gasteiger partial charge in [0.25, 0.3) is 5.91 Å². The summed E-state index contributed by atoms with van der Waals surface area (Å²) in [7, 11) is 0. The van der Waals surface area contributed by atoms with E-state index in [9.17, 15) is 9.59 Å². The lowest BCUT2D eigenvalue weighted by Gasteiger charge is -2.17. The third kappa shape index (κ3) is 3.37. The van der Waals surface area contributed by atoms with E-state index < -0.39 is 11.9 Å². The molecule has 0 bridgehead atoms. The zero-order chi connectivity index (χ0) is 19.0. The number of rotatable bonds is 4.